The summed E-state index contributed by atoms with van der Waals surface area (Å²) >= 11 is 0. The van der Waals surface area contributed by atoms with Gasteiger partial charge in [0.1, 0.15) is 0 Å². The van der Waals surface area contributed by atoms with Gasteiger partial charge in [-0.1, -0.05) is 11.3 Å². The third-order valence-corrected chi connectivity index (χ3v) is 2.45. The van der Waals surface area contributed by atoms with Crippen LogP contribution in [-0.4, -0.2) is 44.3 Å². The fourth-order valence-corrected chi connectivity index (χ4v) is 1.49. The van der Waals surface area contributed by atoms with Crippen molar-refractivity contribution in [3.05, 3.63) is 42.0 Å². The number of hydrogen-bond acceptors (Lipinski definition) is 5. The van der Waals surface area contributed by atoms with Crippen molar-refractivity contribution in [2.45, 2.75) is 13.0 Å². The average molecular weight is 262 g/mol. The van der Waals surface area contributed by atoms with Gasteiger partial charge in [-0.3, -0.25) is 4.98 Å². The van der Waals surface area contributed by atoms with Gasteiger partial charge in [0.15, 0.2) is 5.69 Å². The van der Waals surface area contributed by atoms with E-state index in [1.54, 1.807) is 6.20 Å². The molecule has 7 nitrogen and oxygen atoms in total. The van der Waals surface area contributed by atoms with Gasteiger partial charge in [0.05, 0.1) is 26.0 Å². The van der Waals surface area contributed by atoms with E-state index in [0.29, 0.717) is 19.8 Å². The van der Waals surface area contributed by atoms with Gasteiger partial charge in [0.25, 0.3) is 0 Å². The highest BCUT2D eigenvalue weighted by Crippen LogP contribution is 1.96. The molecule has 0 atom stereocenters. The molecule has 0 fully saturated rings. The van der Waals surface area contributed by atoms with Gasteiger partial charge >= 0.3 is 5.97 Å². The van der Waals surface area contributed by atoms with Gasteiger partial charge in [-0.25, -0.2) is 9.48 Å². The van der Waals surface area contributed by atoms with Crippen LogP contribution >= 0.6 is 0 Å². The van der Waals surface area contributed by atoms with E-state index in [4.69, 9.17) is 9.84 Å². The highest BCUT2D eigenvalue weighted by atomic mass is 16.5. The molecule has 7 heteroatoms. The molecule has 0 aliphatic rings. The molecule has 0 radical (unpaired) electrons. The summed E-state index contributed by atoms with van der Waals surface area (Å²) < 4.78 is 6.88. The van der Waals surface area contributed by atoms with Gasteiger partial charge in [-0.05, 0) is 12.1 Å². The summed E-state index contributed by atoms with van der Waals surface area (Å²) in [7, 11) is 0. The lowest BCUT2D eigenvalue weighted by atomic mass is 10.3. The van der Waals surface area contributed by atoms with Crippen LogP contribution in [-0.2, 0) is 17.7 Å². The van der Waals surface area contributed by atoms with Crippen molar-refractivity contribution in [3.63, 3.8) is 0 Å². The zero-order valence-electron chi connectivity index (χ0n) is 10.3. The number of aromatic carboxylic acids is 1. The highest BCUT2D eigenvalue weighted by Gasteiger charge is 2.07. The minimum absolute atomic E-state index is 0.0616. The maximum absolute atomic E-state index is 10.6. The average Bonchev–Trinajstić information content (AvgIpc) is 2.89. The molecule has 0 bridgehead atoms. The molecule has 0 aliphatic carbocycles. The second kappa shape index (κ2) is 6.60. The van der Waals surface area contributed by atoms with Crippen LogP contribution in [0.2, 0.25) is 0 Å². The van der Waals surface area contributed by atoms with Crippen molar-refractivity contribution < 1.29 is 14.6 Å². The Kier molecular flexibility index (Phi) is 4.57. The first kappa shape index (κ1) is 13.2. The number of aromatic nitrogens is 4. The van der Waals surface area contributed by atoms with E-state index in [-0.39, 0.29) is 5.69 Å². The van der Waals surface area contributed by atoms with E-state index in [2.05, 4.69) is 15.3 Å². The zero-order chi connectivity index (χ0) is 13.5. The number of pyridine rings is 1. The Hall–Kier alpha value is -2.28. The molecule has 0 aliphatic heterocycles. The minimum Gasteiger partial charge on any atom is -0.476 e. The van der Waals surface area contributed by atoms with E-state index in [9.17, 15) is 4.79 Å². The lowest BCUT2D eigenvalue weighted by molar-refractivity contribution is 0.0690. The largest absolute Gasteiger partial charge is 0.476 e. The Morgan fingerprint density at radius 3 is 2.95 bits per heavy atom. The summed E-state index contributed by atoms with van der Waals surface area (Å²) in [6.45, 7) is 1.50. The summed E-state index contributed by atoms with van der Waals surface area (Å²) in [5, 5.41) is 15.9. The van der Waals surface area contributed by atoms with Crippen LogP contribution in [0.5, 0.6) is 0 Å². The maximum atomic E-state index is 10.6. The quantitative estimate of drug-likeness (QED) is 0.736. The Balaban J connectivity index is 1.65. The van der Waals surface area contributed by atoms with E-state index < -0.39 is 5.97 Å². The first-order chi connectivity index (χ1) is 9.25. The summed E-state index contributed by atoms with van der Waals surface area (Å²) in [6, 6.07) is 5.75. The molecule has 2 aromatic heterocycles. The van der Waals surface area contributed by atoms with Crippen LogP contribution in [0.1, 0.15) is 16.2 Å². The SMILES string of the molecule is O=C(O)c1cn(CCOCCc2ccccn2)nn1. The topological polar surface area (TPSA) is 90.1 Å². The van der Waals surface area contributed by atoms with Gasteiger partial charge in [-0.15, -0.1) is 5.10 Å². The van der Waals surface area contributed by atoms with Gasteiger partial charge in [0.2, 0.25) is 0 Å². The predicted octanol–water partition coefficient (Wildman–Crippen LogP) is 0.631. The van der Waals surface area contributed by atoms with Crippen LogP contribution in [0, 0.1) is 0 Å². The fourth-order valence-electron chi connectivity index (χ4n) is 1.49. The van der Waals surface area contributed by atoms with Crippen LogP contribution in [0.4, 0.5) is 0 Å². The number of carbonyl (C=O) groups is 1. The summed E-state index contributed by atoms with van der Waals surface area (Å²) in [4.78, 5) is 14.8. The second-order valence-corrected chi connectivity index (χ2v) is 3.86. The molecule has 2 rings (SSSR count). The standard InChI is InChI=1S/C12H14N4O3/c17-12(18)11-9-16(15-14-11)6-8-19-7-4-10-3-1-2-5-13-10/h1-3,5,9H,4,6-8H2,(H,17,18). The Morgan fingerprint density at radius 1 is 1.37 bits per heavy atom. The summed E-state index contributed by atoms with van der Waals surface area (Å²) in [5.41, 5.74) is 0.921. The number of carboxylic acids is 1. The number of ether oxygens (including phenoxy) is 1. The molecule has 100 valence electrons. The molecule has 0 aromatic carbocycles. The molecule has 2 heterocycles. The number of nitrogens with zero attached hydrogens (tertiary/aromatic N) is 4. The normalized spacial score (nSPS) is 10.5. The molecular weight excluding hydrogens is 248 g/mol. The van der Waals surface area contributed by atoms with Crippen molar-refractivity contribution in [3.8, 4) is 0 Å². The van der Waals surface area contributed by atoms with E-state index in [0.717, 1.165) is 12.1 Å². The molecule has 2 aromatic rings. The lowest BCUT2D eigenvalue weighted by Gasteiger charge is -2.03. The maximum Gasteiger partial charge on any atom is 0.358 e. The van der Waals surface area contributed by atoms with E-state index in [1.165, 1.54) is 10.9 Å². The van der Waals surface area contributed by atoms with Crippen LogP contribution in [0.25, 0.3) is 0 Å². The van der Waals surface area contributed by atoms with Crippen molar-refractivity contribution in [1.29, 1.82) is 0 Å². The Labute approximate surface area is 109 Å². The monoisotopic (exact) mass is 262 g/mol. The molecule has 19 heavy (non-hydrogen) atoms. The first-order valence-corrected chi connectivity index (χ1v) is 5.87. The molecule has 0 saturated carbocycles. The number of hydrogen-bond donors (Lipinski definition) is 1. The minimum atomic E-state index is -1.08. The third-order valence-electron chi connectivity index (χ3n) is 2.45. The predicted molar refractivity (Wildman–Crippen MR) is 65.7 cm³/mol. The van der Waals surface area contributed by atoms with Crippen molar-refractivity contribution in [2.24, 2.45) is 0 Å². The molecule has 1 N–H and O–H groups in total. The fraction of sp³-hybridized carbons (Fsp3) is 0.333. The summed E-state index contributed by atoms with van der Waals surface area (Å²) in [6.07, 6.45) is 3.88. The van der Waals surface area contributed by atoms with Crippen LogP contribution in [0.15, 0.2) is 30.6 Å². The summed E-state index contributed by atoms with van der Waals surface area (Å²) in [5.74, 6) is -1.08. The lowest BCUT2D eigenvalue weighted by Crippen LogP contribution is -2.09. The Bertz CT molecular complexity index is 527. The van der Waals surface area contributed by atoms with E-state index in [1.807, 2.05) is 18.2 Å². The molecule has 0 unspecified atom stereocenters. The zero-order valence-corrected chi connectivity index (χ0v) is 10.3. The van der Waals surface area contributed by atoms with Gasteiger partial charge in [0, 0.05) is 18.3 Å². The molecule has 0 saturated heterocycles. The number of rotatable bonds is 7. The number of carboxylic acid groups (broad SMARTS) is 1. The van der Waals surface area contributed by atoms with Gasteiger partial charge in [-0.2, -0.15) is 0 Å². The Morgan fingerprint density at radius 2 is 2.26 bits per heavy atom. The first-order valence-electron chi connectivity index (χ1n) is 5.87. The molecular formula is C12H14N4O3. The molecule has 0 amide bonds. The van der Waals surface area contributed by atoms with Crippen LogP contribution < -0.4 is 0 Å². The second-order valence-electron chi connectivity index (χ2n) is 3.86. The highest BCUT2D eigenvalue weighted by molar-refractivity contribution is 5.84. The van der Waals surface area contributed by atoms with Crippen molar-refractivity contribution in [2.75, 3.05) is 13.2 Å². The molecule has 0 spiro atoms. The smallest absolute Gasteiger partial charge is 0.358 e. The third kappa shape index (κ3) is 4.14. The van der Waals surface area contributed by atoms with E-state index >= 15 is 0 Å². The van der Waals surface area contributed by atoms with Gasteiger partial charge < -0.3 is 9.84 Å². The van der Waals surface area contributed by atoms with Crippen LogP contribution in [0.3, 0.4) is 0 Å². The van der Waals surface area contributed by atoms with Crippen molar-refractivity contribution in [1.82, 2.24) is 20.0 Å². The van der Waals surface area contributed by atoms with Crippen molar-refractivity contribution >= 4 is 5.97 Å².